The highest BCUT2D eigenvalue weighted by Crippen LogP contribution is 2.15. The van der Waals surface area contributed by atoms with Crippen LogP contribution in [0.15, 0.2) is 29.3 Å². The van der Waals surface area contributed by atoms with Crippen LogP contribution in [0.1, 0.15) is 70.4 Å². The molecule has 1 unspecified atom stereocenters. The normalized spacial score (nSPS) is 12.9. The van der Waals surface area contributed by atoms with Gasteiger partial charge in [0, 0.05) is 12.5 Å². The van der Waals surface area contributed by atoms with Gasteiger partial charge in [-0.15, -0.1) is 0 Å². The first-order valence-corrected chi connectivity index (χ1v) is 9.18. The predicted molar refractivity (Wildman–Crippen MR) is 102 cm³/mol. The third-order valence-electron chi connectivity index (χ3n) is 4.24. The molecule has 0 spiro atoms. The molecule has 0 aliphatic carbocycles. The summed E-state index contributed by atoms with van der Waals surface area (Å²) in [6.45, 7) is 7.24. The van der Waals surface area contributed by atoms with Crippen molar-refractivity contribution in [3.8, 4) is 0 Å². The zero-order chi connectivity index (χ0) is 17.8. The van der Waals surface area contributed by atoms with Crippen LogP contribution >= 0.6 is 0 Å². The monoisotopic (exact) mass is 331 g/mol. The van der Waals surface area contributed by atoms with E-state index in [1.165, 1.54) is 19.3 Å². The maximum Gasteiger partial charge on any atom is 0.223 e. The van der Waals surface area contributed by atoms with Crippen molar-refractivity contribution in [2.45, 2.75) is 72.4 Å². The summed E-state index contributed by atoms with van der Waals surface area (Å²) in [6.07, 6.45) is 6.76. The molecule has 0 heterocycles. The Morgan fingerprint density at radius 1 is 1.21 bits per heavy atom. The van der Waals surface area contributed by atoms with Gasteiger partial charge in [0.2, 0.25) is 5.91 Å². The number of aliphatic imine (C=N–C) groups is 1. The number of hydrogen-bond acceptors (Lipinski definition) is 2. The summed E-state index contributed by atoms with van der Waals surface area (Å²) >= 11 is 0. The Bertz CT molecular complexity index is 521. The van der Waals surface area contributed by atoms with Crippen molar-refractivity contribution in [2.75, 3.05) is 0 Å². The summed E-state index contributed by atoms with van der Waals surface area (Å²) in [6, 6.07) is 8.14. The van der Waals surface area contributed by atoms with Crippen molar-refractivity contribution in [3.05, 3.63) is 35.4 Å². The second-order valence-electron chi connectivity index (χ2n) is 6.45. The van der Waals surface area contributed by atoms with Crippen LogP contribution in [0.2, 0.25) is 0 Å². The van der Waals surface area contributed by atoms with E-state index in [0.29, 0.717) is 18.9 Å². The maximum atomic E-state index is 12.4. The van der Waals surface area contributed by atoms with Crippen LogP contribution in [0.25, 0.3) is 0 Å². The number of carbonyl (C=O) groups excluding carboxylic acids is 1. The van der Waals surface area contributed by atoms with Gasteiger partial charge in [0.15, 0.2) is 0 Å². The Balaban J connectivity index is 2.47. The van der Waals surface area contributed by atoms with Gasteiger partial charge >= 0.3 is 0 Å². The van der Waals surface area contributed by atoms with Gasteiger partial charge in [-0.1, -0.05) is 63.8 Å². The molecule has 0 fully saturated rings. The fourth-order valence-corrected chi connectivity index (χ4v) is 2.73. The highest BCUT2D eigenvalue weighted by molar-refractivity contribution is 5.78. The smallest absolute Gasteiger partial charge is 0.223 e. The Kier molecular flexibility index (Phi) is 9.81. The second-order valence-corrected chi connectivity index (χ2v) is 6.45. The number of carbonyl (C=O) groups is 1. The molecule has 0 saturated carbocycles. The van der Waals surface area contributed by atoms with Gasteiger partial charge in [-0.3, -0.25) is 9.79 Å². The molecule has 24 heavy (non-hydrogen) atoms. The first-order chi connectivity index (χ1) is 11.6. The number of benzene rings is 1. The van der Waals surface area contributed by atoms with E-state index >= 15 is 0 Å². The van der Waals surface area contributed by atoms with Gasteiger partial charge in [0.1, 0.15) is 0 Å². The Morgan fingerprint density at radius 2 is 1.96 bits per heavy atom. The first-order valence-electron chi connectivity index (χ1n) is 9.18. The molecule has 1 aromatic rings. The lowest BCUT2D eigenvalue weighted by Gasteiger charge is -2.15. The van der Waals surface area contributed by atoms with E-state index < -0.39 is 0 Å². The largest absolute Gasteiger partial charge is 0.388 e. The standard InChI is InChI=1S/C20H33N3O/c1-4-6-7-8-12-19(5-2)20(24)23-15-18-11-9-10-17(13-18)14-22-16(3)21/h9-11,13,19H,4-8,12,14-15H2,1-3H3,(H2,21,22)(H,23,24). The number of nitrogens with one attached hydrogen (secondary N) is 1. The Labute approximate surface area is 146 Å². The molecule has 4 nitrogen and oxygen atoms in total. The van der Waals surface area contributed by atoms with Crippen LogP contribution in [0, 0.1) is 5.92 Å². The zero-order valence-corrected chi connectivity index (χ0v) is 15.5. The number of rotatable bonds is 11. The quantitative estimate of drug-likeness (QED) is 0.363. The molecule has 0 aliphatic rings. The molecule has 3 N–H and O–H groups in total. The lowest BCUT2D eigenvalue weighted by molar-refractivity contribution is -0.125. The van der Waals surface area contributed by atoms with Crippen molar-refractivity contribution in [2.24, 2.45) is 16.6 Å². The molecule has 0 saturated heterocycles. The predicted octanol–water partition coefficient (Wildman–Crippen LogP) is 4.18. The number of nitrogens with two attached hydrogens (primary N) is 1. The van der Waals surface area contributed by atoms with Gasteiger partial charge in [-0.2, -0.15) is 0 Å². The van der Waals surface area contributed by atoms with Crippen LogP contribution < -0.4 is 11.1 Å². The van der Waals surface area contributed by atoms with Gasteiger partial charge < -0.3 is 11.1 Å². The van der Waals surface area contributed by atoms with Gasteiger partial charge in [-0.25, -0.2) is 0 Å². The fourth-order valence-electron chi connectivity index (χ4n) is 2.73. The molecule has 0 radical (unpaired) electrons. The van der Waals surface area contributed by atoms with E-state index in [0.717, 1.165) is 30.4 Å². The van der Waals surface area contributed by atoms with Crippen molar-refractivity contribution in [1.82, 2.24) is 5.32 Å². The van der Waals surface area contributed by atoms with E-state index in [1.807, 2.05) is 18.2 Å². The molecule has 1 rings (SSSR count). The van der Waals surface area contributed by atoms with Crippen molar-refractivity contribution in [3.63, 3.8) is 0 Å². The third-order valence-corrected chi connectivity index (χ3v) is 4.24. The summed E-state index contributed by atoms with van der Waals surface area (Å²) in [4.78, 5) is 16.6. The first kappa shape index (κ1) is 20.2. The molecule has 0 aliphatic heterocycles. The van der Waals surface area contributed by atoms with E-state index in [9.17, 15) is 4.79 Å². The SMILES string of the molecule is CCCCCCC(CC)C(=O)NCc1cccc(CN=C(C)N)c1. The lowest BCUT2D eigenvalue weighted by atomic mass is 9.97. The number of amides is 1. The minimum Gasteiger partial charge on any atom is -0.388 e. The summed E-state index contributed by atoms with van der Waals surface area (Å²) < 4.78 is 0. The Hall–Kier alpha value is -1.84. The highest BCUT2D eigenvalue weighted by atomic mass is 16.1. The molecule has 0 bridgehead atoms. The van der Waals surface area contributed by atoms with E-state index in [4.69, 9.17) is 5.73 Å². The van der Waals surface area contributed by atoms with Crippen molar-refractivity contribution < 1.29 is 4.79 Å². The number of hydrogen-bond donors (Lipinski definition) is 2. The number of nitrogens with zero attached hydrogens (tertiary/aromatic N) is 1. The van der Waals surface area contributed by atoms with Gasteiger partial charge in [-0.05, 0) is 30.9 Å². The van der Waals surface area contributed by atoms with E-state index in [1.54, 1.807) is 6.92 Å². The molecule has 1 amide bonds. The molecule has 4 heteroatoms. The molecule has 1 aromatic carbocycles. The lowest BCUT2D eigenvalue weighted by Crippen LogP contribution is -2.30. The van der Waals surface area contributed by atoms with Crippen molar-refractivity contribution in [1.29, 1.82) is 0 Å². The van der Waals surface area contributed by atoms with E-state index in [-0.39, 0.29) is 11.8 Å². The average Bonchev–Trinajstić information content (AvgIpc) is 2.58. The zero-order valence-electron chi connectivity index (χ0n) is 15.5. The van der Waals surface area contributed by atoms with Crippen LogP contribution in [0.3, 0.4) is 0 Å². The third kappa shape index (κ3) is 8.14. The summed E-state index contributed by atoms with van der Waals surface area (Å²) in [5.74, 6) is 0.896. The maximum absolute atomic E-state index is 12.4. The van der Waals surface area contributed by atoms with E-state index in [2.05, 4.69) is 30.2 Å². The molecular weight excluding hydrogens is 298 g/mol. The molecular formula is C20H33N3O. The van der Waals surface area contributed by atoms with Crippen LogP contribution in [0.5, 0.6) is 0 Å². The number of amidine groups is 1. The summed E-state index contributed by atoms with van der Waals surface area (Å²) in [5.41, 5.74) is 7.79. The topological polar surface area (TPSA) is 67.5 Å². The number of unbranched alkanes of at least 4 members (excludes halogenated alkanes) is 3. The summed E-state index contributed by atoms with van der Waals surface area (Å²) in [5, 5.41) is 3.08. The highest BCUT2D eigenvalue weighted by Gasteiger charge is 2.15. The minimum atomic E-state index is 0.134. The fraction of sp³-hybridized carbons (Fsp3) is 0.600. The average molecular weight is 332 g/mol. The molecule has 0 aromatic heterocycles. The molecule has 1 atom stereocenters. The van der Waals surface area contributed by atoms with Crippen molar-refractivity contribution >= 4 is 11.7 Å². The van der Waals surface area contributed by atoms with Crippen LogP contribution in [-0.4, -0.2) is 11.7 Å². The van der Waals surface area contributed by atoms with Gasteiger partial charge in [0.05, 0.1) is 12.4 Å². The van der Waals surface area contributed by atoms with Crippen LogP contribution in [-0.2, 0) is 17.9 Å². The van der Waals surface area contributed by atoms with Gasteiger partial charge in [0.25, 0.3) is 0 Å². The summed E-state index contributed by atoms with van der Waals surface area (Å²) in [7, 11) is 0. The minimum absolute atomic E-state index is 0.134. The Morgan fingerprint density at radius 3 is 2.62 bits per heavy atom. The van der Waals surface area contributed by atoms with Crippen LogP contribution in [0.4, 0.5) is 0 Å². The molecule has 134 valence electrons. The second kappa shape index (κ2) is 11.7.